The third kappa shape index (κ3) is 3.98. The van der Waals surface area contributed by atoms with Crippen LogP contribution >= 0.6 is 0 Å². The summed E-state index contributed by atoms with van der Waals surface area (Å²) in [5, 5.41) is 22.7. The lowest BCUT2D eigenvalue weighted by molar-refractivity contribution is 0.0668. The van der Waals surface area contributed by atoms with Crippen LogP contribution in [-0.4, -0.2) is 29.4 Å². The standard InChI is InChI=1S/C15H21F2NO2/c16-11-5-6-13(17)12(7-11)15(20)9-18-8-10-3-1-2-4-14(10)19/h5-7,10,14-15,18-20H,1-4,8-9H2. The minimum absolute atomic E-state index is 0.0401. The lowest BCUT2D eigenvalue weighted by atomic mass is 9.86. The minimum Gasteiger partial charge on any atom is -0.393 e. The van der Waals surface area contributed by atoms with Crippen molar-refractivity contribution >= 4 is 0 Å². The van der Waals surface area contributed by atoms with Gasteiger partial charge in [0.2, 0.25) is 0 Å². The molecule has 1 saturated carbocycles. The average Bonchev–Trinajstić information content (AvgIpc) is 2.43. The highest BCUT2D eigenvalue weighted by atomic mass is 19.1. The molecule has 0 radical (unpaired) electrons. The fourth-order valence-corrected chi connectivity index (χ4v) is 2.71. The molecular formula is C15H21F2NO2. The molecule has 0 heterocycles. The zero-order chi connectivity index (χ0) is 14.5. The Morgan fingerprint density at radius 1 is 1.25 bits per heavy atom. The summed E-state index contributed by atoms with van der Waals surface area (Å²) in [5.74, 6) is -1.00. The largest absolute Gasteiger partial charge is 0.393 e. The molecule has 0 amide bonds. The predicted octanol–water partition coefficient (Wildman–Crippen LogP) is 2.14. The van der Waals surface area contributed by atoms with Crippen molar-refractivity contribution in [2.24, 2.45) is 5.92 Å². The van der Waals surface area contributed by atoms with E-state index >= 15 is 0 Å². The van der Waals surface area contributed by atoms with Crippen molar-refractivity contribution in [1.29, 1.82) is 0 Å². The Kier molecular flexibility index (Phi) is 5.46. The molecule has 0 aliphatic heterocycles. The number of aliphatic hydroxyl groups is 2. The van der Waals surface area contributed by atoms with Crippen molar-refractivity contribution in [3.05, 3.63) is 35.4 Å². The number of rotatable bonds is 5. The van der Waals surface area contributed by atoms with E-state index in [4.69, 9.17) is 0 Å². The van der Waals surface area contributed by atoms with Gasteiger partial charge in [-0.2, -0.15) is 0 Å². The molecule has 0 spiro atoms. The zero-order valence-electron chi connectivity index (χ0n) is 11.4. The lowest BCUT2D eigenvalue weighted by Gasteiger charge is -2.28. The van der Waals surface area contributed by atoms with E-state index in [0.29, 0.717) is 6.54 Å². The summed E-state index contributed by atoms with van der Waals surface area (Å²) in [6.07, 6.45) is 2.52. The summed E-state index contributed by atoms with van der Waals surface area (Å²) >= 11 is 0. The van der Waals surface area contributed by atoms with Gasteiger partial charge in [-0.05, 0) is 37.0 Å². The fraction of sp³-hybridized carbons (Fsp3) is 0.600. The normalized spacial score (nSPS) is 24.6. The molecule has 112 valence electrons. The van der Waals surface area contributed by atoms with Crippen LogP contribution in [0.15, 0.2) is 18.2 Å². The summed E-state index contributed by atoms with van der Waals surface area (Å²) in [4.78, 5) is 0. The monoisotopic (exact) mass is 285 g/mol. The highest BCUT2D eigenvalue weighted by Crippen LogP contribution is 2.24. The van der Waals surface area contributed by atoms with Crippen molar-refractivity contribution < 1.29 is 19.0 Å². The van der Waals surface area contributed by atoms with Gasteiger partial charge in [0, 0.05) is 18.7 Å². The van der Waals surface area contributed by atoms with Crippen LogP contribution in [0.4, 0.5) is 8.78 Å². The summed E-state index contributed by atoms with van der Waals surface area (Å²) in [5.41, 5.74) is -0.0401. The van der Waals surface area contributed by atoms with Crippen LogP contribution in [0.2, 0.25) is 0 Å². The third-order valence-corrected chi connectivity index (χ3v) is 3.93. The van der Waals surface area contributed by atoms with Crippen LogP contribution in [0.3, 0.4) is 0 Å². The quantitative estimate of drug-likeness (QED) is 0.777. The first-order chi connectivity index (χ1) is 9.58. The number of hydrogen-bond donors (Lipinski definition) is 3. The van der Waals surface area contributed by atoms with Gasteiger partial charge < -0.3 is 15.5 Å². The van der Waals surface area contributed by atoms with Crippen LogP contribution in [-0.2, 0) is 0 Å². The van der Waals surface area contributed by atoms with Gasteiger partial charge in [0.25, 0.3) is 0 Å². The van der Waals surface area contributed by atoms with E-state index in [1.165, 1.54) is 0 Å². The number of aliphatic hydroxyl groups excluding tert-OH is 2. The molecule has 3 N–H and O–H groups in total. The highest BCUT2D eigenvalue weighted by molar-refractivity contribution is 5.21. The second kappa shape index (κ2) is 7.11. The van der Waals surface area contributed by atoms with E-state index in [0.717, 1.165) is 43.9 Å². The molecule has 1 aromatic rings. The van der Waals surface area contributed by atoms with Crippen LogP contribution < -0.4 is 5.32 Å². The van der Waals surface area contributed by atoms with E-state index < -0.39 is 17.7 Å². The lowest BCUT2D eigenvalue weighted by Crippen LogP contribution is -2.35. The maximum Gasteiger partial charge on any atom is 0.129 e. The van der Waals surface area contributed by atoms with Crippen LogP contribution in [0, 0.1) is 17.6 Å². The van der Waals surface area contributed by atoms with Crippen molar-refractivity contribution in [1.82, 2.24) is 5.32 Å². The van der Waals surface area contributed by atoms with Gasteiger partial charge in [-0.15, -0.1) is 0 Å². The van der Waals surface area contributed by atoms with E-state index in [1.54, 1.807) is 0 Å². The maximum absolute atomic E-state index is 13.5. The van der Waals surface area contributed by atoms with Crippen LogP contribution in [0.25, 0.3) is 0 Å². The second-order valence-corrected chi connectivity index (χ2v) is 5.45. The second-order valence-electron chi connectivity index (χ2n) is 5.45. The SMILES string of the molecule is OC(CNCC1CCCCC1O)c1cc(F)ccc1F. The molecular weight excluding hydrogens is 264 g/mol. The van der Waals surface area contributed by atoms with Crippen molar-refractivity contribution in [2.45, 2.75) is 37.9 Å². The molecule has 2 rings (SSSR count). The van der Waals surface area contributed by atoms with Crippen molar-refractivity contribution in [3.63, 3.8) is 0 Å². The first-order valence-electron chi connectivity index (χ1n) is 7.09. The summed E-state index contributed by atoms with van der Waals surface area (Å²) in [7, 11) is 0. The highest BCUT2D eigenvalue weighted by Gasteiger charge is 2.23. The minimum atomic E-state index is -1.09. The predicted molar refractivity (Wildman–Crippen MR) is 72.2 cm³/mol. The van der Waals surface area contributed by atoms with Gasteiger partial charge in [0.05, 0.1) is 12.2 Å². The van der Waals surface area contributed by atoms with E-state index in [2.05, 4.69) is 5.32 Å². The van der Waals surface area contributed by atoms with Crippen LogP contribution in [0.1, 0.15) is 37.4 Å². The van der Waals surface area contributed by atoms with Gasteiger partial charge in [0.15, 0.2) is 0 Å². The molecule has 3 nitrogen and oxygen atoms in total. The molecule has 0 bridgehead atoms. The molecule has 1 fully saturated rings. The van der Waals surface area contributed by atoms with Gasteiger partial charge in [-0.1, -0.05) is 12.8 Å². The molecule has 20 heavy (non-hydrogen) atoms. The number of nitrogens with one attached hydrogen (secondary N) is 1. The number of halogens is 2. The molecule has 0 saturated heterocycles. The number of benzene rings is 1. The van der Waals surface area contributed by atoms with Crippen LogP contribution in [0.5, 0.6) is 0 Å². The summed E-state index contributed by atoms with van der Waals surface area (Å²) < 4.78 is 26.5. The van der Waals surface area contributed by atoms with E-state index in [9.17, 15) is 19.0 Å². The summed E-state index contributed by atoms with van der Waals surface area (Å²) in [6, 6.07) is 3.05. The van der Waals surface area contributed by atoms with Gasteiger partial charge >= 0.3 is 0 Å². The third-order valence-electron chi connectivity index (χ3n) is 3.93. The molecule has 1 aromatic carbocycles. The van der Waals surface area contributed by atoms with Gasteiger partial charge in [-0.3, -0.25) is 0 Å². The molecule has 1 aliphatic rings. The number of hydrogen-bond acceptors (Lipinski definition) is 3. The Labute approximate surface area is 117 Å². The molecule has 3 atom stereocenters. The van der Waals surface area contributed by atoms with Gasteiger partial charge in [-0.25, -0.2) is 8.78 Å². The fourth-order valence-electron chi connectivity index (χ4n) is 2.71. The molecule has 5 heteroatoms. The first kappa shape index (κ1) is 15.4. The van der Waals surface area contributed by atoms with Crippen molar-refractivity contribution in [2.75, 3.05) is 13.1 Å². The van der Waals surface area contributed by atoms with Crippen molar-refractivity contribution in [3.8, 4) is 0 Å². The Bertz CT molecular complexity index is 442. The Hall–Kier alpha value is -1.04. The Morgan fingerprint density at radius 2 is 2.00 bits per heavy atom. The maximum atomic E-state index is 13.5. The molecule has 1 aliphatic carbocycles. The molecule has 3 unspecified atom stereocenters. The summed E-state index contributed by atoms with van der Waals surface area (Å²) in [6.45, 7) is 0.721. The zero-order valence-corrected chi connectivity index (χ0v) is 11.4. The smallest absolute Gasteiger partial charge is 0.129 e. The topological polar surface area (TPSA) is 52.5 Å². The molecule has 0 aromatic heterocycles. The average molecular weight is 285 g/mol. The van der Waals surface area contributed by atoms with Gasteiger partial charge in [0.1, 0.15) is 11.6 Å². The first-order valence-corrected chi connectivity index (χ1v) is 7.09. The van der Waals surface area contributed by atoms with E-state index in [1.807, 2.05) is 0 Å². The Morgan fingerprint density at radius 3 is 2.75 bits per heavy atom. The van der Waals surface area contributed by atoms with E-state index in [-0.39, 0.29) is 24.1 Å². The Balaban J connectivity index is 1.82.